The van der Waals surface area contributed by atoms with Gasteiger partial charge in [0.2, 0.25) is 0 Å². The summed E-state index contributed by atoms with van der Waals surface area (Å²) < 4.78 is 23.7. The predicted octanol–water partition coefficient (Wildman–Crippen LogP) is 1.47. The maximum Gasteiger partial charge on any atom is 0.299 e. The third-order valence-electron chi connectivity index (χ3n) is 3.21. The molecule has 0 bridgehead atoms. The van der Waals surface area contributed by atoms with Gasteiger partial charge in [0.15, 0.2) is 0 Å². The van der Waals surface area contributed by atoms with Gasteiger partial charge in [0.05, 0.1) is 11.6 Å². The van der Waals surface area contributed by atoms with Crippen LogP contribution in [0.2, 0.25) is 0 Å². The van der Waals surface area contributed by atoms with E-state index in [-0.39, 0.29) is 0 Å². The molecule has 0 N–H and O–H groups in total. The number of anilines is 1. The van der Waals surface area contributed by atoms with Crippen LogP contribution in [0.5, 0.6) is 0 Å². The molecule has 1 aliphatic heterocycles. The summed E-state index contributed by atoms with van der Waals surface area (Å²) in [6, 6.07) is 7.61. The Hall–Kier alpha value is -1.29. The largest absolute Gasteiger partial charge is 0.369 e. The molecule has 1 aromatic rings. The summed E-state index contributed by atoms with van der Waals surface area (Å²) in [4.78, 5) is 2.11. The number of benzene rings is 1. The summed E-state index contributed by atoms with van der Waals surface area (Å²) in [6.07, 6.45) is 0. The van der Waals surface area contributed by atoms with Crippen molar-refractivity contribution < 1.29 is 8.42 Å². The molecule has 0 radical (unpaired) electrons. The van der Waals surface area contributed by atoms with Crippen molar-refractivity contribution >= 4 is 25.6 Å². The standard InChI is InChI=1S/C12H14ClN3O2S/c1-10-8-11(9-14)2-3-12(10)15-4-6-16(7-5-15)19(13,17)18/h2-3,8H,4-7H2,1H3. The molecule has 2 rings (SSSR count). The van der Waals surface area contributed by atoms with Crippen LogP contribution in [0.25, 0.3) is 0 Å². The molecular weight excluding hydrogens is 286 g/mol. The average molecular weight is 300 g/mol. The summed E-state index contributed by atoms with van der Waals surface area (Å²) in [5.74, 6) is 0. The first-order chi connectivity index (χ1) is 8.91. The van der Waals surface area contributed by atoms with Crippen molar-refractivity contribution in [1.29, 1.82) is 5.26 Å². The Morgan fingerprint density at radius 2 is 1.89 bits per heavy atom. The second-order valence-electron chi connectivity index (χ2n) is 4.44. The van der Waals surface area contributed by atoms with Crippen molar-refractivity contribution in [2.45, 2.75) is 6.92 Å². The third-order valence-corrected chi connectivity index (χ3v) is 4.78. The van der Waals surface area contributed by atoms with Crippen molar-refractivity contribution in [3.05, 3.63) is 29.3 Å². The van der Waals surface area contributed by atoms with Crippen LogP contribution in [0.15, 0.2) is 18.2 Å². The fraction of sp³-hybridized carbons (Fsp3) is 0.417. The lowest BCUT2D eigenvalue weighted by Crippen LogP contribution is -2.47. The van der Waals surface area contributed by atoms with Crippen molar-refractivity contribution in [3.8, 4) is 6.07 Å². The molecule has 1 fully saturated rings. The molecule has 0 amide bonds. The van der Waals surface area contributed by atoms with Crippen molar-refractivity contribution in [2.24, 2.45) is 0 Å². The van der Waals surface area contributed by atoms with Gasteiger partial charge in [-0.1, -0.05) is 0 Å². The first-order valence-electron chi connectivity index (χ1n) is 5.87. The van der Waals surface area contributed by atoms with Crippen LogP contribution in [0, 0.1) is 18.3 Å². The van der Waals surface area contributed by atoms with Gasteiger partial charge >= 0.3 is 0 Å². The second-order valence-corrected chi connectivity index (χ2v) is 6.95. The molecule has 0 saturated carbocycles. The topological polar surface area (TPSA) is 64.4 Å². The molecule has 1 aliphatic rings. The smallest absolute Gasteiger partial charge is 0.299 e. The SMILES string of the molecule is Cc1cc(C#N)ccc1N1CCN(S(=O)(=O)Cl)CC1. The highest BCUT2D eigenvalue weighted by Crippen LogP contribution is 2.23. The molecule has 0 unspecified atom stereocenters. The van der Waals surface area contributed by atoms with Gasteiger partial charge in [-0.25, -0.2) is 0 Å². The van der Waals surface area contributed by atoms with E-state index in [9.17, 15) is 8.42 Å². The van der Waals surface area contributed by atoms with Crippen LogP contribution in [0.4, 0.5) is 5.69 Å². The van der Waals surface area contributed by atoms with Crippen LogP contribution >= 0.6 is 10.7 Å². The van der Waals surface area contributed by atoms with E-state index < -0.39 is 9.24 Å². The van der Waals surface area contributed by atoms with Gasteiger partial charge in [0, 0.05) is 42.5 Å². The normalized spacial score (nSPS) is 17.2. The quantitative estimate of drug-likeness (QED) is 0.776. The number of hydrogen-bond acceptors (Lipinski definition) is 4. The Bertz CT molecular complexity index is 616. The van der Waals surface area contributed by atoms with E-state index in [1.165, 1.54) is 4.31 Å². The van der Waals surface area contributed by atoms with Crippen molar-refractivity contribution in [3.63, 3.8) is 0 Å². The van der Waals surface area contributed by atoms with Gasteiger partial charge in [0.1, 0.15) is 0 Å². The van der Waals surface area contributed by atoms with Gasteiger partial charge < -0.3 is 4.90 Å². The van der Waals surface area contributed by atoms with E-state index in [0.29, 0.717) is 31.7 Å². The summed E-state index contributed by atoms with van der Waals surface area (Å²) in [6.45, 7) is 3.90. The maximum absolute atomic E-state index is 11.2. The number of piperazine rings is 1. The molecule has 1 saturated heterocycles. The molecule has 5 nitrogen and oxygen atoms in total. The fourth-order valence-corrected chi connectivity index (χ4v) is 3.24. The molecule has 0 aliphatic carbocycles. The predicted molar refractivity (Wildman–Crippen MR) is 74.5 cm³/mol. The first-order valence-corrected chi connectivity index (χ1v) is 8.14. The number of nitrogens with zero attached hydrogens (tertiary/aromatic N) is 3. The van der Waals surface area contributed by atoms with E-state index in [1.54, 1.807) is 6.07 Å². The van der Waals surface area contributed by atoms with Gasteiger partial charge in [0.25, 0.3) is 9.24 Å². The molecule has 1 heterocycles. The lowest BCUT2D eigenvalue weighted by atomic mass is 10.1. The van der Waals surface area contributed by atoms with Gasteiger partial charge in [-0.2, -0.15) is 18.0 Å². The van der Waals surface area contributed by atoms with Gasteiger partial charge in [-0.05, 0) is 30.7 Å². The molecule has 0 spiro atoms. The molecule has 1 aromatic carbocycles. The monoisotopic (exact) mass is 299 g/mol. The average Bonchev–Trinajstić information content (AvgIpc) is 2.37. The lowest BCUT2D eigenvalue weighted by molar-refractivity contribution is 0.393. The summed E-state index contributed by atoms with van der Waals surface area (Å²) >= 11 is 0. The van der Waals surface area contributed by atoms with E-state index in [2.05, 4.69) is 11.0 Å². The van der Waals surface area contributed by atoms with E-state index in [0.717, 1.165) is 11.3 Å². The van der Waals surface area contributed by atoms with Crippen molar-refractivity contribution in [2.75, 3.05) is 31.1 Å². The zero-order valence-electron chi connectivity index (χ0n) is 10.5. The Morgan fingerprint density at radius 3 is 2.37 bits per heavy atom. The highest BCUT2D eigenvalue weighted by Gasteiger charge is 2.25. The van der Waals surface area contributed by atoms with Crippen LogP contribution in [0.1, 0.15) is 11.1 Å². The molecule has 102 valence electrons. The minimum Gasteiger partial charge on any atom is -0.369 e. The minimum absolute atomic E-state index is 0.380. The zero-order valence-corrected chi connectivity index (χ0v) is 12.1. The van der Waals surface area contributed by atoms with Crippen molar-refractivity contribution in [1.82, 2.24) is 4.31 Å². The van der Waals surface area contributed by atoms with Crippen LogP contribution in [0.3, 0.4) is 0 Å². The van der Waals surface area contributed by atoms with E-state index >= 15 is 0 Å². The van der Waals surface area contributed by atoms with Gasteiger partial charge in [-0.3, -0.25) is 0 Å². The highest BCUT2D eigenvalue weighted by atomic mass is 35.7. The summed E-state index contributed by atoms with van der Waals surface area (Å²) in [7, 11) is 1.70. The van der Waals surface area contributed by atoms with Gasteiger partial charge in [-0.15, -0.1) is 0 Å². The number of hydrogen-bond donors (Lipinski definition) is 0. The molecule has 19 heavy (non-hydrogen) atoms. The molecule has 0 atom stereocenters. The second kappa shape index (κ2) is 5.37. The Labute approximate surface area is 117 Å². The third kappa shape index (κ3) is 3.18. The van der Waals surface area contributed by atoms with Crippen LogP contribution in [-0.4, -0.2) is 38.9 Å². The number of nitriles is 1. The molecule has 0 aromatic heterocycles. The van der Waals surface area contributed by atoms with Crippen LogP contribution < -0.4 is 4.90 Å². The Balaban J connectivity index is 2.12. The number of halogens is 1. The van der Waals surface area contributed by atoms with E-state index in [4.69, 9.17) is 15.9 Å². The lowest BCUT2D eigenvalue weighted by Gasteiger charge is -2.34. The van der Waals surface area contributed by atoms with E-state index in [1.807, 2.05) is 19.1 Å². The Morgan fingerprint density at radius 1 is 1.26 bits per heavy atom. The summed E-state index contributed by atoms with van der Waals surface area (Å²) in [5.41, 5.74) is 2.68. The first kappa shape index (κ1) is 14.1. The van der Waals surface area contributed by atoms with Crippen LogP contribution in [-0.2, 0) is 9.24 Å². The summed E-state index contributed by atoms with van der Waals surface area (Å²) in [5, 5.41) is 8.84. The molecular formula is C12H14ClN3O2S. The maximum atomic E-state index is 11.2. The Kier molecular flexibility index (Phi) is 3.99. The number of rotatable bonds is 2. The molecule has 7 heteroatoms. The zero-order chi connectivity index (χ0) is 14.0. The number of aryl methyl sites for hydroxylation is 1. The minimum atomic E-state index is -3.62. The highest BCUT2D eigenvalue weighted by molar-refractivity contribution is 8.11. The fourth-order valence-electron chi connectivity index (χ4n) is 2.23.